The summed E-state index contributed by atoms with van der Waals surface area (Å²) in [6, 6.07) is 9.97. The van der Waals surface area contributed by atoms with Crippen LogP contribution in [0.25, 0.3) is 0 Å². The number of carbonyl (C=O) groups is 1. The number of ether oxygens (including phenoxy) is 2. The van der Waals surface area contributed by atoms with Gasteiger partial charge in [-0.05, 0) is 31.0 Å². The topological polar surface area (TPSA) is 63.7 Å². The maximum Gasteiger partial charge on any atom is 0.250 e. The van der Waals surface area contributed by atoms with Crippen molar-refractivity contribution in [2.24, 2.45) is 0 Å². The van der Waals surface area contributed by atoms with Gasteiger partial charge in [0.05, 0.1) is 6.61 Å². The lowest BCUT2D eigenvalue weighted by Gasteiger charge is -2.31. The fourth-order valence-electron chi connectivity index (χ4n) is 3.02. The van der Waals surface area contributed by atoms with E-state index in [-0.39, 0.29) is 5.91 Å². The van der Waals surface area contributed by atoms with E-state index in [0.717, 1.165) is 30.0 Å². The third-order valence-electron chi connectivity index (χ3n) is 4.44. The van der Waals surface area contributed by atoms with Crippen molar-refractivity contribution in [3.8, 4) is 11.6 Å². The van der Waals surface area contributed by atoms with Crippen LogP contribution >= 0.6 is 0 Å². The molecular formula is C20H25N3O3. The lowest BCUT2D eigenvalue weighted by Crippen LogP contribution is -2.48. The Bertz CT molecular complexity index is 761. The maximum atomic E-state index is 11.7. The molecule has 6 nitrogen and oxygen atoms in total. The van der Waals surface area contributed by atoms with E-state index in [9.17, 15) is 4.79 Å². The van der Waals surface area contributed by atoms with E-state index in [4.69, 9.17) is 9.47 Å². The number of aryl methyl sites for hydroxylation is 2. The van der Waals surface area contributed by atoms with Gasteiger partial charge in [0.1, 0.15) is 11.9 Å². The molecule has 1 aliphatic rings. The van der Waals surface area contributed by atoms with Crippen molar-refractivity contribution in [1.82, 2.24) is 15.2 Å². The van der Waals surface area contributed by atoms with Gasteiger partial charge >= 0.3 is 0 Å². The van der Waals surface area contributed by atoms with Crippen LogP contribution in [0.1, 0.15) is 16.7 Å². The molecule has 6 heteroatoms. The molecule has 1 unspecified atom stereocenters. The van der Waals surface area contributed by atoms with Crippen molar-refractivity contribution >= 4 is 5.91 Å². The predicted octanol–water partition coefficient (Wildman–Crippen LogP) is 2.44. The van der Waals surface area contributed by atoms with Gasteiger partial charge in [-0.1, -0.05) is 23.8 Å². The first-order chi connectivity index (χ1) is 12.5. The summed E-state index contributed by atoms with van der Waals surface area (Å²) in [5.74, 6) is 1.31. The second-order valence-corrected chi connectivity index (χ2v) is 6.58. The normalized spacial score (nSPS) is 17.7. The Morgan fingerprint density at radius 1 is 1.35 bits per heavy atom. The Balaban J connectivity index is 1.60. The number of hydrogen-bond donors (Lipinski definition) is 1. The number of benzene rings is 1. The van der Waals surface area contributed by atoms with Gasteiger partial charge in [-0.2, -0.15) is 0 Å². The standard InChI is InChI=1S/C20H25N3O3/c1-14-4-6-17(15(2)10-14)26-19-7-5-16(11-22-19)12-23-8-9-25-18(13-23)20(24)21-3/h4-7,10-11,18H,8-9,12-13H2,1-3H3,(H,21,24). The molecule has 1 aliphatic heterocycles. The van der Waals surface area contributed by atoms with Gasteiger partial charge < -0.3 is 14.8 Å². The third kappa shape index (κ3) is 4.59. The minimum absolute atomic E-state index is 0.0787. The molecule has 2 aromatic rings. The van der Waals surface area contributed by atoms with Crippen molar-refractivity contribution in [2.45, 2.75) is 26.5 Å². The van der Waals surface area contributed by atoms with E-state index >= 15 is 0 Å². The quantitative estimate of drug-likeness (QED) is 0.892. The highest BCUT2D eigenvalue weighted by Crippen LogP contribution is 2.24. The Hall–Kier alpha value is -2.44. The van der Waals surface area contributed by atoms with Crippen molar-refractivity contribution in [3.63, 3.8) is 0 Å². The van der Waals surface area contributed by atoms with Gasteiger partial charge in [-0.3, -0.25) is 9.69 Å². The zero-order valence-corrected chi connectivity index (χ0v) is 15.5. The first-order valence-electron chi connectivity index (χ1n) is 8.81. The van der Waals surface area contributed by atoms with Gasteiger partial charge in [-0.25, -0.2) is 4.98 Å². The van der Waals surface area contributed by atoms with Crippen molar-refractivity contribution in [2.75, 3.05) is 26.7 Å². The highest BCUT2D eigenvalue weighted by Gasteiger charge is 2.25. The number of rotatable bonds is 5. The number of aromatic nitrogens is 1. The molecule has 0 saturated carbocycles. The smallest absolute Gasteiger partial charge is 0.250 e. The maximum absolute atomic E-state index is 11.7. The van der Waals surface area contributed by atoms with Gasteiger partial charge in [-0.15, -0.1) is 0 Å². The third-order valence-corrected chi connectivity index (χ3v) is 4.44. The summed E-state index contributed by atoms with van der Waals surface area (Å²) in [6.45, 7) is 6.75. The van der Waals surface area contributed by atoms with Crippen molar-refractivity contribution in [1.29, 1.82) is 0 Å². The molecular weight excluding hydrogens is 330 g/mol. The van der Waals surface area contributed by atoms with Crippen LogP contribution in [0.2, 0.25) is 0 Å². The Kier molecular flexibility index (Phi) is 5.85. The predicted molar refractivity (Wildman–Crippen MR) is 99.3 cm³/mol. The molecule has 1 atom stereocenters. The molecule has 0 aliphatic carbocycles. The Morgan fingerprint density at radius 3 is 2.88 bits per heavy atom. The summed E-state index contributed by atoms with van der Waals surface area (Å²) >= 11 is 0. The average Bonchev–Trinajstić information content (AvgIpc) is 2.65. The molecule has 0 spiro atoms. The van der Waals surface area contributed by atoms with Crippen molar-refractivity contribution in [3.05, 3.63) is 53.2 Å². The highest BCUT2D eigenvalue weighted by atomic mass is 16.5. The van der Waals surface area contributed by atoms with Crippen LogP contribution in [-0.4, -0.2) is 48.6 Å². The first-order valence-corrected chi connectivity index (χ1v) is 8.81. The van der Waals surface area contributed by atoms with Gasteiger partial charge in [0.2, 0.25) is 11.8 Å². The van der Waals surface area contributed by atoms with Crippen LogP contribution < -0.4 is 10.1 Å². The van der Waals surface area contributed by atoms with Crippen molar-refractivity contribution < 1.29 is 14.3 Å². The molecule has 0 radical (unpaired) electrons. The van der Waals surface area contributed by atoms with Crippen LogP contribution in [0.5, 0.6) is 11.6 Å². The van der Waals surface area contributed by atoms with Crippen LogP contribution in [0.15, 0.2) is 36.5 Å². The summed E-state index contributed by atoms with van der Waals surface area (Å²) in [5.41, 5.74) is 3.37. The summed E-state index contributed by atoms with van der Waals surface area (Å²) in [6.07, 6.45) is 1.41. The SMILES string of the molecule is CNC(=O)C1CN(Cc2ccc(Oc3ccc(C)cc3C)nc2)CCO1. The molecule has 1 saturated heterocycles. The number of morpholine rings is 1. The molecule has 1 amide bonds. The number of carbonyl (C=O) groups excluding carboxylic acids is 1. The molecule has 2 heterocycles. The number of pyridine rings is 1. The number of hydrogen-bond acceptors (Lipinski definition) is 5. The lowest BCUT2D eigenvalue weighted by molar-refractivity contribution is -0.138. The largest absolute Gasteiger partial charge is 0.439 e. The van der Waals surface area contributed by atoms with Crippen LogP contribution in [0.4, 0.5) is 0 Å². The van der Waals surface area contributed by atoms with E-state index in [1.54, 1.807) is 7.05 Å². The fraction of sp³-hybridized carbons (Fsp3) is 0.400. The second kappa shape index (κ2) is 8.29. The van der Waals surface area contributed by atoms with Gasteiger partial charge in [0.15, 0.2) is 0 Å². The van der Waals surface area contributed by atoms with Gasteiger partial charge in [0.25, 0.3) is 0 Å². The molecule has 26 heavy (non-hydrogen) atoms. The molecule has 1 aromatic carbocycles. The molecule has 1 aromatic heterocycles. The Labute approximate surface area is 154 Å². The monoisotopic (exact) mass is 355 g/mol. The van der Waals surface area contributed by atoms with Gasteiger partial charge in [0, 0.05) is 38.9 Å². The molecule has 1 fully saturated rings. The van der Waals surface area contributed by atoms with E-state index in [2.05, 4.69) is 28.2 Å². The zero-order valence-electron chi connectivity index (χ0n) is 15.5. The molecule has 0 bridgehead atoms. The van der Waals surface area contributed by atoms with E-state index < -0.39 is 6.10 Å². The van der Waals surface area contributed by atoms with E-state index in [0.29, 0.717) is 19.0 Å². The number of likely N-dealkylation sites (N-methyl/N-ethyl adjacent to an activating group) is 1. The molecule has 3 rings (SSSR count). The fourth-order valence-corrected chi connectivity index (χ4v) is 3.02. The summed E-state index contributed by atoms with van der Waals surface area (Å²) in [5, 5.41) is 2.64. The first kappa shape index (κ1) is 18.4. The average molecular weight is 355 g/mol. The minimum atomic E-state index is -0.408. The summed E-state index contributed by atoms with van der Waals surface area (Å²) < 4.78 is 11.4. The summed E-state index contributed by atoms with van der Waals surface area (Å²) in [7, 11) is 1.63. The zero-order chi connectivity index (χ0) is 18.5. The van der Waals surface area contributed by atoms with E-state index in [1.807, 2.05) is 37.4 Å². The summed E-state index contributed by atoms with van der Waals surface area (Å²) in [4.78, 5) is 18.4. The number of nitrogens with zero attached hydrogens (tertiary/aromatic N) is 2. The van der Waals surface area contributed by atoms with Crippen LogP contribution in [0, 0.1) is 13.8 Å². The van der Waals surface area contributed by atoms with E-state index in [1.165, 1.54) is 5.56 Å². The Morgan fingerprint density at radius 2 is 2.19 bits per heavy atom. The van der Waals surface area contributed by atoms with Crippen LogP contribution in [-0.2, 0) is 16.1 Å². The highest BCUT2D eigenvalue weighted by molar-refractivity contribution is 5.80. The minimum Gasteiger partial charge on any atom is -0.439 e. The number of amides is 1. The van der Waals surface area contributed by atoms with Crippen LogP contribution in [0.3, 0.4) is 0 Å². The second-order valence-electron chi connectivity index (χ2n) is 6.58. The number of nitrogens with one attached hydrogen (secondary N) is 1. The molecule has 138 valence electrons. The lowest BCUT2D eigenvalue weighted by atomic mass is 10.1. The molecule has 1 N–H and O–H groups in total.